The van der Waals surface area contributed by atoms with Gasteiger partial charge in [-0.1, -0.05) is 39.3 Å². The van der Waals surface area contributed by atoms with Crippen LogP contribution in [0.4, 0.5) is 5.69 Å². The number of sulfonamides is 1. The molecule has 2 aliphatic heterocycles. The first-order valence-electron chi connectivity index (χ1n) is 14.4. The lowest BCUT2D eigenvalue weighted by molar-refractivity contribution is -0.165. The van der Waals surface area contributed by atoms with Crippen molar-refractivity contribution in [2.45, 2.75) is 84.0 Å². The van der Waals surface area contributed by atoms with Gasteiger partial charge in [-0.2, -0.15) is 5.10 Å². The number of piperazine rings is 1. The summed E-state index contributed by atoms with van der Waals surface area (Å²) in [5.74, 6) is -0.575. The Morgan fingerprint density at radius 2 is 1.78 bits per heavy atom. The SMILES string of the molecule is CCCCN1C(=O)[C@@H]([C@H](O)C(C)C)NC(=O)C12CCN(C(c1cn[nH]c1)c1cc(C)c(NS(C)(=O)=O)c(C)c1)CC2. The van der Waals surface area contributed by atoms with Crippen molar-refractivity contribution in [2.24, 2.45) is 5.92 Å². The average Bonchev–Trinajstić information content (AvgIpc) is 3.43. The van der Waals surface area contributed by atoms with E-state index in [0.717, 1.165) is 41.4 Å². The highest BCUT2D eigenvalue weighted by Crippen LogP contribution is 2.39. The fourth-order valence-electron chi connectivity index (χ4n) is 6.27. The number of nitrogens with one attached hydrogen (secondary N) is 3. The van der Waals surface area contributed by atoms with Crippen LogP contribution < -0.4 is 10.0 Å². The molecule has 0 bridgehead atoms. The van der Waals surface area contributed by atoms with Crippen molar-refractivity contribution in [3.05, 3.63) is 46.8 Å². The van der Waals surface area contributed by atoms with Gasteiger partial charge in [0.1, 0.15) is 11.6 Å². The average molecular weight is 589 g/mol. The molecule has 4 rings (SSSR count). The molecule has 2 aromatic rings. The molecule has 0 aliphatic carbocycles. The Kier molecular flexibility index (Phi) is 9.15. The number of likely N-dealkylation sites (tertiary alicyclic amines) is 1. The van der Waals surface area contributed by atoms with E-state index in [1.807, 2.05) is 46.0 Å². The highest BCUT2D eigenvalue weighted by Gasteiger charge is 2.55. The smallest absolute Gasteiger partial charge is 0.248 e. The highest BCUT2D eigenvalue weighted by atomic mass is 32.2. The summed E-state index contributed by atoms with van der Waals surface area (Å²) in [5.41, 5.74) is 3.17. The van der Waals surface area contributed by atoms with Crippen LogP contribution in [0, 0.1) is 19.8 Å². The summed E-state index contributed by atoms with van der Waals surface area (Å²) in [6, 6.07) is 2.86. The molecule has 4 N–H and O–H groups in total. The molecule has 11 nitrogen and oxygen atoms in total. The Morgan fingerprint density at radius 3 is 2.29 bits per heavy atom. The van der Waals surface area contributed by atoms with Crippen LogP contribution >= 0.6 is 0 Å². The van der Waals surface area contributed by atoms with Gasteiger partial charge in [-0.15, -0.1) is 0 Å². The molecule has 226 valence electrons. The number of unbranched alkanes of at least 4 members (excludes halogenated alkanes) is 1. The number of H-pyrrole nitrogens is 1. The van der Waals surface area contributed by atoms with E-state index in [-0.39, 0.29) is 23.8 Å². The first-order valence-corrected chi connectivity index (χ1v) is 16.3. The van der Waals surface area contributed by atoms with E-state index in [1.165, 1.54) is 0 Å². The van der Waals surface area contributed by atoms with Crippen LogP contribution in [0.2, 0.25) is 0 Å². The number of hydrogen-bond acceptors (Lipinski definition) is 7. The van der Waals surface area contributed by atoms with E-state index in [4.69, 9.17) is 0 Å². The molecule has 12 heteroatoms. The fourth-order valence-corrected chi connectivity index (χ4v) is 6.96. The molecule has 3 atom stereocenters. The second-order valence-corrected chi connectivity index (χ2v) is 13.7. The van der Waals surface area contributed by atoms with Gasteiger partial charge in [-0.25, -0.2) is 8.42 Å². The lowest BCUT2D eigenvalue weighted by Crippen LogP contribution is -2.75. The summed E-state index contributed by atoms with van der Waals surface area (Å²) in [6.07, 6.45) is 6.40. The molecular formula is C29H44N6O5S. The Balaban J connectivity index is 1.64. The number of anilines is 1. The van der Waals surface area contributed by atoms with E-state index in [2.05, 4.69) is 32.1 Å². The lowest BCUT2D eigenvalue weighted by Gasteiger charge is -2.53. The van der Waals surface area contributed by atoms with Crippen molar-refractivity contribution in [3.63, 3.8) is 0 Å². The standard InChI is InChI=1S/C29H44N6O5S/c1-7-8-11-35-27(37)24(26(36)18(2)3)32-28(38)29(35)9-12-34(13-10-29)25(22-16-30-31-17-22)21-14-19(4)23(20(5)15-21)33-41(6,39)40/h14-18,24-26,33,36H,7-13H2,1-6H3,(H,30,31)(H,32,38)/t24-,25?,26-/m1/s1. The van der Waals surface area contributed by atoms with E-state index in [1.54, 1.807) is 11.1 Å². The number of rotatable bonds is 10. The van der Waals surface area contributed by atoms with E-state index >= 15 is 0 Å². The van der Waals surface area contributed by atoms with Crippen LogP contribution in [0.5, 0.6) is 0 Å². The quantitative estimate of drug-likeness (QED) is 0.333. The minimum atomic E-state index is -3.43. The molecule has 41 heavy (non-hydrogen) atoms. The Morgan fingerprint density at radius 1 is 1.15 bits per heavy atom. The number of aromatic amines is 1. The summed E-state index contributed by atoms with van der Waals surface area (Å²) in [7, 11) is -3.43. The topological polar surface area (TPSA) is 148 Å². The van der Waals surface area contributed by atoms with Gasteiger partial charge in [-0.05, 0) is 55.7 Å². The Labute approximate surface area is 243 Å². The fraction of sp³-hybridized carbons (Fsp3) is 0.621. The molecule has 0 saturated carbocycles. The van der Waals surface area contributed by atoms with Crippen molar-refractivity contribution in [1.82, 2.24) is 25.3 Å². The second-order valence-electron chi connectivity index (χ2n) is 11.9. The number of hydrogen-bond donors (Lipinski definition) is 4. The second kappa shape index (κ2) is 12.1. The number of aliphatic hydroxyl groups excluding tert-OH is 1. The van der Waals surface area contributed by atoms with Crippen molar-refractivity contribution in [2.75, 3.05) is 30.6 Å². The van der Waals surface area contributed by atoms with Gasteiger partial charge in [0.2, 0.25) is 21.8 Å². The predicted octanol–water partition coefficient (Wildman–Crippen LogP) is 2.47. The number of aromatic nitrogens is 2. The number of nitrogens with zero attached hydrogens (tertiary/aromatic N) is 3. The van der Waals surface area contributed by atoms with Crippen LogP contribution in [0.1, 0.15) is 74.8 Å². The molecule has 1 aromatic heterocycles. The van der Waals surface area contributed by atoms with Gasteiger partial charge in [-0.3, -0.25) is 24.3 Å². The molecule has 0 radical (unpaired) electrons. The third-order valence-electron chi connectivity index (χ3n) is 8.50. The largest absolute Gasteiger partial charge is 0.390 e. The zero-order valence-corrected chi connectivity index (χ0v) is 25.7. The number of amides is 2. The summed E-state index contributed by atoms with van der Waals surface area (Å²) in [4.78, 5) is 31.5. The van der Waals surface area contributed by atoms with Gasteiger partial charge >= 0.3 is 0 Å². The molecule has 1 unspecified atom stereocenters. The van der Waals surface area contributed by atoms with Crippen LogP contribution in [0.25, 0.3) is 0 Å². The molecule has 2 aliphatic rings. The number of benzene rings is 1. The van der Waals surface area contributed by atoms with Gasteiger partial charge in [0.15, 0.2) is 0 Å². The van der Waals surface area contributed by atoms with Crippen molar-refractivity contribution < 1.29 is 23.1 Å². The third kappa shape index (κ3) is 6.29. The van der Waals surface area contributed by atoms with Crippen LogP contribution in [-0.2, 0) is 19.6 Å². The molecule has 2 amide bonds. The minimum absolute atomic E-state index is 0.171. The number of carbonyl (C=O) groups is 2. The first kappa shape index (κ1) is 31.0. The monoisotopic (exact) mass is 588 g/mol. The summed E-state index contributed by atoms with van der Waals surface area (Å²) >= 11 is 0. The predicted molar refractivity (Wildman–Crippen MR) is 158 cm³/mol. The van der Waals surface area contributed by atoms with Crippen LogP contribution in [-0.4, -0.2) is 88.9 Å². The van der Waals surface area contributed by atoms with Crippen molar-refractivity contribution >= 4 is 27.5 Å². The summed E-state index contributed by atoms with van der Waals surface area (Å²) in [5, 5.41) is 20.7. The Hall–Kier alpha value is -2.96. The molecular weight excluding hydrogens is 544 g/mol. The number of piperidine rings is 1. The van der Waals surface area contributed by atoms with E-state index in [0.29, 0.717) is 38.2 Å². The normalized spacial score (nSPS) is 21.3. The zero-order valence-electron chi connectivity index (χ0n) is 24.9. The molecule has 2 fully saturated rings. The van der Waals surface area contributed by atoms with E-state index < -0.39 is 27.7 Å². The van der Waals surface area contributed by atoms with Gasteiger partial charge < -0.3 is 15.3 Å². The van der Waals surface area contributed by atoms with Crippen molar-refractivity contribution in [3.8, 4) is 0 Å². The van der Waals surface area contributed by atoms with Gasteiger partial charge in [0.25, 0.3) is 0 Å². The first-order chi connectivity index (χ1) is 19.3. The maximum atomic E-state index is 13.7. The molecule has 1 spiro atoms. The van der Waals surface area contributed by atoms with E-state index in [9.17, 15) is 23.1 Å². The van der Waals surface area contributed by atoms with Crippen LogP contribution in [0.15, 0.2) is 24.5 Å². The maximum absolute atomic E-state index is 13.7. The summed E-state index contributed by atoms with van der Waals surface area (Å²) in [6.45, 7) is 11.1. The third-order valence-corrected chi connectivity index (χ3v) is 9.08. The molecule has 3 heterocycles. The molecule has 1 aromatic carbocycles. The van der Waals surface area contributed by atoms with Gasteiger partial charge in [0, 0.05) is 31.4 Å². The maximum Gasteiger partial charge on any atom is 0.248 e. The summed E-state index contributed by atoms with van der Waals surface area (Å²) < 4.78 is 26.5. The van der Waals surface area contributed by atoms with Crippen molar-refractivity contribution in [1.29, 1.82) is 0 Å². The lowest BCUT2D eigenvalue weighted by atomic mass is 9.79. The minimum Gasteiger partial charge on any atom is -0.390 e. The highest BCUT2D eigenvalue weighted by molar-refractivity contribution is 7.92. The number of aryl methyl sites for hydroxylation is 2. The number of carbonyl (C=O) groups excluding carboxylic acids is 2. The Bertz CT molecular complexity index is 1330. The zero-order chi connectivity index (χ0) is 30.1. The molecule has 2 saturated heterocycles. The van der Waals surface area contributed by atoms with Gasteiger partial charge in [0.05, 0.1) is 30.3 Å². The van der Waals surface area contributed by atoms with Crippen LogP contribution in [0.3, 0.4) is 0 Å². The number of aliphatic hydroxyl groups is 1.